The summed E-state index contributed by atoms with van der Waals surface area (Å²) in [6.45, 7) is 5.08. The Labute approximate surface area is 163 Å². The lowest BCUT2D eigenvalue weighted by molar-refractivity contribution is -0.108. The van der Waals surface area contributed by atoms with Crippen LogP contribution in [0.15, 0.2) is 65.5 Å². The largest absolute Gasteiger partial charge is 0.361 e. The van der Waals surface area contributed by atoms with E-state index < -0.39 is 0 Å². The summed E-state index contributed by atoms with van der Waals surface area (Å²) in [5.41, 5.74) is 6.13. The first-order valence-corrected chi connectivity index (χ1v) is 10.0. The van der Waals surface area contributed by atoms with Crippen molar-refractivity contribution in [2.75, 3.05) is 6.54 Å². The average Bonchev–Trinajstić information content (AvgIpc) is 3.23. The van der Waals surface area contributed by atoms with E-state index in [1.807, 2.05) is 0 Å². The molecule has 2 aromatic carbocycles. The predicted molar refractivity (Wildman–Crippen MR) is 112 cm³/mol. The average molecular weight is 378 g/mol. The summed E-state index contributed by atoms with van der Waals surface area (Å²) < 4.78 is 0. The van der Waals surface area contributed by atoms with Gasteiger partial charge in [0, 0.05) is 29.3 Å². The number of benzene rings is 2. The first-order chi connectivity index (χ1) is 13.2. The number of fused-ring (bicyclic) bond motifs is 1. The van der Waals surface area contributed by atoms with Gasteiger partial charge in [0.2, 0.25) is 6.41 Å². The normalized spacial score (nSPS) is 17.0. The third-order valence-electron chi connectivity index (χ3n) is 5.12. The van der Waals surface area contributed by atoms with Crippen molar-refractivity contribution < 1.29 is 4.79 Å². The van der Waals surface area contributed by atoms with E-state index in [0.29, 0.717) is 0 Å². The van der Waals surface area contributed by atoms with Gasteiger partial charge >= 0.3 is 0 Å². The quantitative estimate of drug-likeness (QED) is 0.612. The molecular weight excluding hydrogens is 354 g/mol. The molecule has 1 unspecified atom stereocenters. The molecule has 1 atom stereocenters. The van der Waals surface area contributed by atoms with Crippen molar-refractivity contribution in [1.29, 1.82) is 0 Å². The Morgan fingerprint density at radius 1 is 1.15 bits per heavy atom. The number of allylic oxidation sites excluding steroid dienone is 1. The van der Waals surface area contributed by atoms with Crippen LogP contribution >= 0.6 is 11.8 Å². The second kappa shape index (κ2) is 7.53. The van der Waals surface area contributed by atoms with Crippen LogP contribution < -0.4 is 5.32 Å². The molecular formula is C22H23N3OS. The predicted octanol–water partition coefficient (Wildman–Crippen LogP) is 4.70. The third kappa shape index (κ3) is 3.47. The monoisotopic (exact) mass is 377 g/mol. The zero-order valence-corrected chi connectivity index (χ0v) is 16.3. The molecule has 0 radical (unpaired) electrons. The molecule has 0 spiro atoms. The molecule has 2 N–H and O–H groups in total. The van der Waals surface area contributed by atoms with Crippen molar-refractivity contribution in [3.63, 3.8) is 0 Å². The summed E-state index contributed by atoms with van der Waals surface area (Å²) in [6, 6.07) is 17.1. The Bertz CT molecular complexity index is 990. The number of carbonyl (C=O) groups is 1. The highest BCUT2D eigenvalue weighted by Gasteiger charge is 2.31. The first-order valence-electron chi connectivity index (χ1n) is 9.13. The molecule has 1 aliphatic heterocycles. The van der Waals surface area contributed by atoms with E-state index >= 15 is 0 Å². The molecule has 0 saturated carbocycles. The van der Waals surface area contributed by atoms with Crippen LogP contribution in [0.3, 0.4) is 0 Å². The summed E-state index contributed by atoms with van der Waals surface area (Å²) in [5.74, 6) is 0. The molecule has 4 nitrogen and oxygen atoms in total. The van der Waals surface area contributed by atoms with Gasteiger partial charge in [0.15, 0.2) is 0 Å². The minimum Gasteiger partial charge on any atom is -0.361 e. The Kier molecular flexibility index (Phi) is 4.94. The molecule has 0 aliphatic carbocycles. The lowest BCUT2D eigenvalue weighted by Gasteiger charge is -2.28. The lowest BCUT2D eigenvalue weighted by Crippen LogP contribution is -2.24. The summed E-state index contributed by atoms with van der Waals surface area (Å²) in [7, 11) is 0. The first kappa shape index (κ1) is 17.7. The smallest absolute Gasteiger partial charge is 0.211 e. The van der Waals surface area contributed by atoms with Crippen LogP contribution in [-0.2, 0) is 11.2 Å². The fourth-order valence-corrected chi connectivity index (χ4v) is 4.91. The SMILES string of the molecule is CC1=C(NC=O)SC(c2ccc(C)cc2)N1CCc1c[nH]c2ccccc12. The van der Waals surface area contributed by atoms with Crippen LogP contribution in [0.25, 0.3) is 10.9 Å². The molecule has 138 valence electrons. The van der Waals surface area contributed by atoms with Crippen LogP contribution in [0.4, 0.5) is 0 Å². The second-order valence-electron chi connectivity index (χ2n) is 6.86. The van der Waals surface area contributed by atoms with E-state index in [1.54, 1.807) is 11.8 Å². The molecule has 5 heteroatoms. The molecule has 1 aromatic heterocycles. The molecule has 1 amide bonds. The topological polar surface area (TPSA) is 48.1 Å². The van der Waals surface area contributed by atoms with Gasteiger partial charge < -0.3 is 15.2 Å². The Hall–Kier alpha value is -2.66. The molecule has 0 saturated heterocycles. The highest BCUT2D eigenvalue weighted by Crippen LogP contribution is 2.46. The maximum atomic E-state index is 11.0. The van der Waals surface area contributed by atoms with Gasteiger partial charge in [-0.1, -0.05) is 59.8 Å². The molecule has 4 rings (SSSR count). The zero-order chi connectivity index (χ0) is 18.8. The number of thioether (sulfide) groups is 1. The van der Waals surface area contributed by atoms with Crippen molar-refractivity contribution in [2.24, 2.45) is 0 Å². The number of carbonyl (C=O) groups excluding carboxylic acids is 1. The number of aromatic amines is 1. The van der Waals surface area contributed by atoms with E-state index in [-0.39, 0.29) is 5.37 Å². The maximum absolute atomic E-state index is 11.0. The van der Waals surface area contributed by atoms with Crippen LogP contribution in [0.1, 0.15) is 29.0 Å². The third-order valence-corrected chi connectivity index (χ3v) is 6.52. The number of nitrogens with one attached hydrogen (secondary N) is 2. The molecule has 2 heterocycles. The van der Waals surface area contributed by atoms with E-state index in [0.717, 1.165) is 30.1 Å². The van der Waals surface area contributed by atoms with Crippen LogP contribution in [-0.4, -0.2) is 22.8 Å². The van der Waals surface area contributed by atoms with Crippen LogP contribution in [0.2, 0.25) is 0 Å². The van der Waals surface area contributed by atoms with E-state index in [1.165, 1.54) is 27.6 Å². The summed E-state index contributed by atoms with van der Waals surface area (Å²) in [6.07, 6.45) is 3.82. The number of aromatic nitrogens is 1. The van der Waals surface area contributed by atoms with Gasteiger partial charge in [-0.25, -0.2) is 0 Å². The molecule has 1 aliphatic rings. The Morgan fingerprint density at radius 3 is 2.70 bits per heavy atom. The standard InChI is InChI=1S/C22H23N3OS/c1-15-7-9-17(10-8-15)22-25(16(2)21(27-22)24-14-26)12-11-18-13-23-20-6-4-3-5-19(18)20/h3-10,13-14,22-23H,11-12H2,1-2H3,(H,24,26). The van der Waals surface area contributed by atoms with Crippen LogP contribution in [0.5, 0.6) is 0 Å². The van der Waals surface area contributed by atoms with Crippen molar-refractivity contribution in [3.05, 3.63) is 82.1 Å². The van der Waals surface area contributed by atoms with Gasteiger partial charge in [-0.15, -0.1) is 0 Å². The van der Waals surface area contributed by atoms with E-state index in [4.69, 9.17) is 0 Å². The molecule has 0 bridgehead atoms. The van der Waals surface area contributed by atoms with Gasteiger partial charge in [-0.3, -0.25) is 4.79 Å². The maximum Gasteiger partial charge on any atom is 0.211 e. The minimum atomic E-state index is 0.179. The number of H-pyrrole nitrogens is 1. The van der Waals surface area contributed by atoms with Crippen LogP contribution in [0, 0.1) is 6.92 Å². The summed E-state index contributed by atoms with van der Waals surface area (Å²) in [5, 5.41) is 5.27. The number of nitrogens with zero attached hydrogens (tertiary/aromatic N) is 1. The Balaban J connectivity index is 1.59. The van der Waals surface area contributed by atoms with E-state index in [2.05, 4.69) is 83.8 Å². The second-order valence-corrected chi connectivity index (χ2v) is 7.95. The highest BCUT2D eigenvalue weighted by molar-refractivity contribution is 8.03. The van der Waals surface area contributed by atoms with Crippen molar-refractivity contribution in [3.8, 4) is 0 Å². The summed E-state index contributed by atoms with van der Waals surface area (Å²) in [4.78, 5) is 16.8. The Morgan fingerprint density at radius 2 is 1.93 bits per heavy atom. The van der Waals surface area contributed by atoms with Gasteiger partial charge in [-0.05, 0) is 37.5 Å². The van der Waals surface area contributed by atoms with Gasteiger partial charge in [0.05, 0.1) is 5.03 Å². The molecule has 0 fully saturated rings. The fourth-order valence-electron chi connectivity index (χ4n) is 3.60. The number of amides is 1. The zero-order valence-electron chi connectivity index (χ0n) is 15.5. The highest BCUT2D eigenvalue weighted by atomic mass is 32.2. The minimum absolute atomic E-state index is 0.179. The number of hydrogen-bond acceptors (Lipinski definition) is 3. The van der Waals surface area contributed by atoms with Crippen molar-refractivity contribution in [2.45, 2.75) is 25.6 Å². The number of rotatable bonds is 6. The van der Waals surface area contributed by atoms with Gasteiger partial charge in [-0.2, -0.15) is 0 Å². The lowest BCUT2D eigenvalue weighted by atomic mass is 10.1. The summed E-state index contributed by atoms with van der Waals surface area (Å²) >= 11 is 1.71. The van der Waals surface area contributed by atoms with E-state index in [9.17, 15) is 4.79 Å². The number of aryl methyl sites for hydroxylation is 1. The van der Waals surface area contributed by atoms with Crippen molar-refractivity contribution in [1.82, 2.24) is 15.2 Å². The molecule has 27 heavy (non-hydrogen) atoms. The fraction of sp³-hybridized carbons (Fsp3) is 0.227. The van der Waals surface area contributed by atoms with Gasteiger partial charge in [0.25, 0.3) is 0 Å². The van der Waals surface area contributed by atoms with Gasteiger partial charge in [0.1, 0.15) is 5.37 Å². The van der Waals surface area contributed by atoms with Crippen molar-refractivity contribution >= 4 is 29.1 Å². The number of hydrogen-bond donors (Lipinski definition) is 2. The number of para-hydroxylation sites is 1. The molecule has 3 aromatic rings.